The summed E-state index contributed by atoms with van der Waals surface area (Å²) in [5, 5.41) is 9.03. The van der Waals surface area contributed by atoms with E-state index in [1.165, 1.54) is 12.8 Å². The van der Waals surface area contributed by atoms with Crippen LogP contribution in [0.5, 0.6) is 0 Å². The average Bonchev–Trinajstić information content (AvgIpc) is 2.71. The molecule has 17 heavy (non-hydrogen) atoms. The average molecular weight is 229 g/mol. The van der Waals surface area contributed by atoms with Gasteiger partial charge in [-0.2, -0.15) is 5.26 Å². The summed E-state index contributed by atoms with van der Waals surface area (Å²) in [5.41, 5.74) is 8.32. The molecule has 1 saturated heterocycles. The highest BCUT2D eigenvalue weighted by molar-refractivity contribution is 5.74. The van der Waals surface area contributed by atoms with Crippen LogP contribution in [0.2, 0.25) is 0 Å². The summed E-state index contributed by atoms with van der Waals surface area (Å²) >= 11 is 0. The molecule has 3 heteroatoms. The van der Waals surface area contributed by atoms with E-state index >= 15 is 0 Å². The lowest BCUT2D eigenvalue weighted by atomic mass is 10.1. The second-order valence-corrected chi connectivity index (χ2v) is 4.75. The molecular weight excluding hydrogens is 210 g/mol. The van der Waals surface area contributed by atoms with Crippen molar-refractivity contribution in [3.63, 3.8) is 0 Å². The molecule has 2 N–H and O–H groups in total. The van der Waals surface area contributed by atoms with Crippen molar-refractivity contribution in [1.29, 1.82) is 5.26 Å². The SMILES string of the molecule is CCC1CCC(C)N1c1cccc(C#N)c1N. The minimum atomic E-state index is 0.510. The van der Waals surface area contributed by atoms with Gasteiger partial charge in [0, 0.05) is 12.1 Å². The van der Waals surface area contributed by atoms with Gasteiger partial charge in [-0.25, -0.2) is 0 Å². The summed E-state index contributed by atoms with van der Waals surface area (Å²) in [7, 11) is 0. The van der Waals surface area contributed by atoms with Crippen LogP contribution in [-0.2, 0) is 0 Å². The summed E-state index contributed by atoms with van der Waals surface area (Å²) in [6.45, 7) is 4.44. The molecule has 0 aliphatic carbocycles. The number of hydrogen-bond acceptors (Lipinski definition) is 3. The van der Waals surface area contributed by atoms with Crippen molar-refractivity contribution in [2.24, 2.45) is 0 Å². The fourth-order valence-corrected chi connectivity index (χ4v) is 2.78. The zero-order valence-corrected chi connectivity index (χ0v) is 10.5. The maximum atomic E-state index is 9.03. The van der Waals surface area contributed by atoms with Crippen molar-refractivity contribution in [2.75, 3.05) is 10.6 Å². The summed E-state index contributed by atoms with van der Waals surface area (Å²) in [6, 6.07) is 8.95. The minimum Gasteiger partial charge on any atom is -0.396 e. The Labute approximate surface area is 103 Å². The van der Waals surface area contributed by atoms with Crippen LogP contribution in [0.15, 0.2) is 18.2 Å². The first-order chi connectivity index (χ1) is 8.19. The predicted octanol–water partition coefficient (Wildman–Crippen LogP) is 2.91. The first-order valence-corrected chi connectivity index (χ1v) is 6.26. The highest BCUT2D eigenvalue weighted by Gasteiger charge is 2.30. The number of benzene rings is 1. The van der Waals surface area contributed by atoms with Gasteiger partial charge in [-0.15, -0.1) is 0 Å². The Bertz CT molecular complexity index is 447. The van der Waals surface area contributed by atoms with Crippen LogP contribution in [0, 0.1) is 11.3 Å². The summed E-state index contributed by atoms with van der Waals surface area (Å²) < 4.78 is 0. The molecule has 1 aromatic carbocycles. The van der Waals surface area contributed by atoms with Crippen LogP contribution in [0.25, 0.3) is 0 Å². The van der Waals surface area contributed by atoms with E-state index < -0.39 is 0 Å². The van der Waals surface area contributed by atoms with Gasteiger partial charge in [0.1, 0.15) is 6.07 Å². The van der Waals surface area contributed by atoms with Gasteiger partial charge in [-0.3, -0.25) is 0 Å². The normalized spacial score (nSPS) is 23.7. The van der Waals surface area contributed by atoms with E-state index in [4.69, 9.17) is 11.0 Å². The van der Waals surface area contributed by atoms with Crippen molar-refractivity contribution < 1.29 is 0 Å². The predicted molar refractivity (Wildman–Crippen MR) is 70.8 cm³/mol. The molecular formula is C14H19N3. The van der Waals surface area contributed by atoms with Crippen LogP contribution in [0.3, 0.4) is 0 Å². The van der Waals surface area contributed by atoms with Gasteiger partial charge in [-0.1, -0.05) is 13.0 Å². The molecule has 90 valence electrons. The van der Waals surface area contributed by atoms with Crippen LogP contribution in [-0.4, -0.2) is 12.1 Å². The molecule has 2 unspecified atom stereocenters. The number of para-hydroxylation sites is 1. The molecule has 2 atom stereocenters. The molecule has 1 fully saturated rings. The second-order valence-electron chi connectivity index (χ2n) is 4.75. The fourth-order valence-electron chi connectivity index (χ4n) is 2.78. The quantitative estimate of drug-likeness (QED) is 0.793. The van der Waals surface area contributed by atoms with E-state index in [2.05, 4.69) is 24.8 Å². The first-order valence-electron chi connectivity index (χ1n) is 6.26. The summed E-state index contributed by atoms with van der Waals surface area (Å²) in [6.07, 6.45) is 3.54. The van der Waals surface area contributed by atoms with E-state index in [0.717, 1.165) is 12.1 Å². The largest absolute Gasteiger partial charge is 0.396 e. The molecule has 0 aromatic heterocycles. The van der Waals surface area contributed by atoms with Crippen molar-refractivity contribution in [1.82, 2.24) is 0 Å². The maximum absolute atomic E-state index is 9.03. The lowest BCUT2D eigenvalue weighted by Gasteiger charge is -2.31. The molecule has 1 aliphatic rings. The third-order valence-corrected chi connectivity index (χ3v) is 3.74. The topological polar surface area (TPSA) is 53.0 Å². The molecule has 0 saturated carbocycles. The van der Waals surface area contributed by atoms with Gasteiger partial charge in [-0.05, 0) is 38.3 Å². The van der Waals surface area contributed by atoms with Crippen molar-refractivity contribution >= 4 is 11.4 Å². The van der Waals surface area contributed by atoms with Crippen molar-refractivity contribution in [2.45, 2.75) is 45.2 Å². The molecule has 0 amide bonds. The van der Waals surface area contributed by atoms with Crippen LogP contribution < -0.4 is 10.6 Å². The first kappa shape index (κ1) is 11.8. The smallest absolute Gasteiger partial charge is 0.101 e. The monoisotopic (exact) mass is 229 g/mol. The number of nitrogens with zero attached hydrogens (tertiary/aromatic N) is 2. The molecule has 0 bridgehead atoms. The van der Waals surface area contributed by atoms with Gasteiger partial charge in [0.2, 0.25) is 0 Å². The minimum absolute atomic E-state index is 0.510. The summed E-state index contributed by atoms with van der Waals surface area (Å²) in [5.74, 6) is 0. The number of nitriles is 1. The highest BCUT2D eigenvalue weighted by atomic mass is 15.2. The lowest BCUT2D eigenvalue weighted by molar-refractivity contribution is 0.629. The molecule has 1 aliphatic heterocycles. The zero-order chi connectivity index (χ0) is 12.4. The Balaban J connectivity index is 2.43. The van der Waals surface area contributed by atoms with Gasteiger partial charge in [0.05, 0.1) is 16.9 Å². The number of hydrogen-bond donors (Lipinski definition) is 1. The van der Waals surface area contributed by atoms with Crippen LogP contribution in [0.1, 0.15) is 38.7 Å². The molecule has 0 radical (unpaired) electrons. The Morgan fingerprint density at radius 2 is 2.24 bits per heavy atom. The Morgan fingerprint density at radius 1 is 1.47 bits per heavy atom. The molecule has 2 rings (SSSR count). The van der Waals surface area contributed by atoms with Gasteiger partial charge < -0.3 is 10.6 Å². The van der Waals surface area contributed by atoms with Crippen LogP contribution in [0.4, 0.5) is 11.4 Å². The zero-order valence-electron chi connectivity index (χ0n) is 10.5. The van der Waals surface area contributed by atoms with Crippen molar-refractivity contribution in [3.8, 4) is 6.07 Å². The number of rotatable bonds is 2. The van der Waals surface area contributed by atoms with E-state index in [1.54, 1.807) is 6.07 Å². The molecule has 1 aromatic rings. The Morgan fingerprint density at radius 3 is 2.88 bits per heavy atom. The number of nitrogen functional groups attached to an aromatic ring is 1. The standard InChI is InChI=1S/C14H19N3/c1-3-12-8-7-10(2)17(12)13-6-4-5-11(9-15)14(13)16/h4-6,10,12H,3,7-8,16H2,1-2H3. The van der Waals surface area contributed by atoms with E-state index in [1.807, 2.05) is 12.1 Å². The molecule has 3 nitrogen and oxygen atoms in total. The Hall–Kier alpha value is -1.69. The second kappa shape index (κ2) is 4.67. The Kier molecular flexibility index (Phi) is 3.23. The highest BCUT2D eigenvalue weighted by Crippen LogP contribution is 2.36. The fraction of sp³-hybridized carbons (Fsp3) is 0.500. The van der Waals surface area contributed by atoms with E-state index in [-0.39, 0.29) is 0 Å². The van der Waals surface area contributed by atoms with Gasteiger partial charge in [0.15, 0.2) is 0 Å². The van der Waals surface area contributed by atoms with Gasteiger partial charge in [0.25, 0.3) is 0 Å². The van der Waals surface area contributed by atoms with Crippen LogP contribution >= 0.6 is 0 Å². The molecule has 1 heterocycles. The third-order valence-electron chi connectivity index (χ3n) is 3.74. The summed E-state index contributed by atoms with van der Waals surface area (Å²) in [4.78, 5) is 2.39. The maximum Gasteiger partial charge on any atom is 0.101 e. The molecule has 0 spiro atoms. The third kappa shape index (κ3) is 1.95. The van der Waals surface area contributed by atoms with Gasteiger partial charge >= 0.3 is 0 Å². The van der Waals surface area contributed by atoms with Crippen molar-refractivity contribution in [3.05, 3.63) is 23.8 Å². The number of nitrogens with two attached hydrogens (primary N) is 1. The lowest BCUT2D eigenvalue weighted by Crippen LogP contribution is -2.34. The number of anilines is 2. The van der Waals surface area contributed by atoms with E-state index in [9.17, 15) is 0 Å². The van der Waals surface area contributed by atoms with E-state index in [0.29, 0.717) is 23.3 Å².